The van der Waals surface area contributed by atoms with Crippen LogP contribution in [0.1, 0.15) is 40.3 Å². The highest BCUT2D eigenvalue weighted by molar-refractivity contribution is 7.98. The van der Waals surface area contributed by atoms with Crippen LogP contribution >= 0.6 is 11.8 Å². The van der Waals surface area contributed by atoms with Gasteiger partial charge in [0.05, 0.1) is 22.2 Å². The monoisotopic (exact) mass is 398 g/mol. The van der Waals surface area contributed by atoms with Gasteiger partial charge in [0.2, 0.25) is 0 Å². The number of benzene rings is 1. The molecule has 3 rings (SSSR count). The maximum atomic E-state index is 12.8. The molecule has 1 amide bonds. The van der Waals surface area contributed by atoms with E-state index >= 15 is 0 Å². The van der Waals surface area contributed by atoms with Gasteiger partial charge >= 0.3 is 0 Å². The predicted octanol–water partition coefficient (Wildman–Crippen LogP) is 4.07. The van der Waals surface area contributed by atoms with Crippen LogP contribution in [0.25, 0.3) is 0 Å². The van der Waals surface area contributed by atoms with Gasteiger partial charge in [-0.05, 0) is 31.5 Å². The quantitative estimate of drug-likeness (QED) is 0.363. The molecule has 8 nitrogen and oxygen atoms in total. The molecule has 1 N–H and O–H groups in total. The van der Waals surface area contributed by atoms with Crippen LogP contribution in [0.15, 0.2) is 58.2 Å². The molecule has 2 aromatic heterocycles. The average Bonchev–Trinajstić information content (AvgIpc) is 3.11. The summed E-state index contributed by atoms with van der Waals surface area (Å²) in [7, 11) is 0. The molecule has 1 unspecified atom stereocenters. The zero-order chi connectivity index (χ0) is 20.1. The summed E-state index contributed by atoms with van der Waals surface area (Å²) in [5, 5.41) is 18.3. The molecule has 0 spiro atoms. The highest BCUT2D eigenvalue weighted by Crippen LogP contribution is 2.25. The summed E-state index contributed by atoms with van der Waals surface area (Å²) in [6.07, 6.45) is 1.62. The summed E-state index contributed by atoms with van der Waals surface area (Å²) < 4.78 is 5.05. The first-order valence-electron chi connectivity index (χ1n) is 8.49. The maximum absolute atomic E-state index is 12.8. The zero-order valence-electron chi connectivity index (χ0n) is 15.3. The zero-order valence-corrected chi connectivity index (χ0v) is 16.1. The number of nitro benzene ring substituents is 1. The number of carbonyl (C=O) groups excluding carboxylic acids is 1. The number of nitro groups is 1. The number of pyridine rings is 1. The van der Waals surface area contributed by atoms with Crippen LogP contribution in [0, 0.1) is 17.0 Å². The minimum atomic E-state index is -0.459. The summed E-state index contributed by atoms with van der Waals surface area (Å²) in [6.45, 7) is 3.59. The third kappa shape index (κ3) is 4.74. The highest BCUT2D eigenvalue weighted by Gasteiger charge is 2.18. The number of hydrogen-bond acceptors (Lipinski definition) is 7. The van der Waals surface area contributed by atoms with Gasteiger partial charge in [-0.25, -0.2) is 4.98 Å². The standard InChI is InChI=1S/C19H18N4O4S/c1-12-9-15(22-27-12)11-28-19-17(7-4-8-20-19)18(24)21-13(2)14-5-3-6-16(10-14)23(25)26/h3-10,13H,11H2,1-2H3,(H,21,24). The Balaban J connectivity index is 1.72. The fourth-order valence-electron chi connectivity index (χ4n) is 2.57. The van der Waals surface area contributed by atoms with Crippen molar-refractivity contribution in [3.8, 4) is 0 Å². The Bertz CT molecular complexity index is 1000. The molecule has 0 fully saturated rings. The van der Waals surface area contributed by atoms with Gasteiger partial charge in [-0.2, -0.15) is 0 Å². The highest BCUT2D eigenvalue weighted by atomic mass is 32.2. The van der Waals surface area contributed by atoms with Crippen LogP contribution in [-0.4, -0.2) is 21.0 Å². The van der Waals surface area contributed by atoms with Gasteiger partial charge in [-0.1, -0.05) is 29.1 Å². The molecule has 0 bridgehead atoms. The molecule has 3 aromatic rings. The molecule has 1 aromatic carbocycles. The van der Waals surface area contributed by atoms with Gasteiger partial charge in [0.25, 0.3) is 11.6 Å². The first-order chi connectivity index (χ1) is 13.4. The normalized spacial score (nSPS) is 11.8. The van der Waals surface area contributed by atoms with Gasteiger partial charge < -0.3 is 9.84 Å². The second-order valence-corrected chi connectivity index (χ2v) is 7.08. The smallest absolute Gasteiger partial charge is 0.269 e. The molecule has 1 atom stereocenters. The molecule has 0 aliphatic carbocycles. The molecule has 0 radical (unpaired) electrons. The molecular weight excluding hydrogens is 380 g/mol. The minimum absolute atomic E-state index is 0.0147. The first kappa shape index (κ1) is 19.6. The van der Waals surface area contributed by atoms with E-state index < -0.39 is 11.0 Å². The van der Waals surface area contributed by atoms with Crippen molar-refractivity contribution in [2.45, 2.75) is 30.7 Å². The Labute approximate surface area is 165 Å². The number of nitrogens with zero attached hydrogens (tertiary/aromatic N) is 3. The molecule has 144 valence electrons. The Morgan fingerprint density at radius 1 is 1.32 bits per heavy atom. The predicted molar refractivity (Wildman–Crippen MR) is 104 cm³/mol. The van der Waals surface area contributed by atoms with Gasteiger partial charge in [0.1, 0.15) is 10.8 Å². The number of rotatable bonds is 7. The van der Waals surface area contributed by atoms with E-state index in [0.29, 0.717) is 21.9 Å². The van der Waals surface area contributed by atoms with E-state index in [1.165, 1.54) is 23.9 Å². The largest absolute Gasteiger partial charge is 0.361 e. The number of aryl methyl sites for hydroxylation is 1. The van der Waals surface area contributed by atoms with Gasteiger partial charge in [0.15, 0.2) is 0 Å². The molecule has 9 heteroatoms. The van der Waals surface area contributed by atoms with Crippen LogP contribution in [-0.2, 0) is 5.75 Å². The van der Waals surface area contributed by atoms with Crippen molar-refractivity contribution in [3.05, 3.63) is 81.4 Å². The van der Waals surface area contributed by atoms with E-state index in [2.05, 4.69) is 15.5 Å². The summed E-state index contributed by atoms with van der Waals surface area (Å²) in [6, 6.07) is 11.0. The SMILES string of the molecule is Cc1cc(CSc2ncccc2C(=O)NC(C)c2cccc([N+](=O)[O-])c2)no1. The Hall–Kier alpha value is -3.20. The lowest BCUT2D eigenvalue weighted by Crippen LogP contribution is -2.27. The third-order valence-corrected chi connectivity index (χ3v) is 5.02. The molecule has 0 saturated heterocycles. The van der Waals surface area contributed by atoms with Crippen LogP contribution < -0.4 is 5.32 Å². The maximum Gasteiger partial charge on any atom is 0.269 e. The van der Waals surface area contributed by atoms with E-state index in [1.54, 1.807) is 37.4 Å². The number of aromatic nitrogens is 2. The van der Waals surface area contributed by atoms with Crippen molar-refractivity contribution in [2.24, 2.45) is 0 Å². The topological polar surface area (TPSA) is 111 Å². The molecule has 0 aliphatic rings. The first-order valence-corrected chi connectivity index (χ1v) is 9.48. The van der Waals surface area contributed by atoms with Crippen molar-refractivity contribution in [2.75, 3.05) is 0 Å². The lowest BCUT2D eigenvalue weighted by molar-refractivity contribution is -0.384. The van der Waals surface area contributed by atoms with Crippen LogP contribution in [0.5, 0.6) is 0 Å². The summed E-state index contributed by atoms with van der Waals surface area (Å²) >= 11 is 1.39. The molecule has 0 aliphatic heterocycles. The van der Waals surface area contributed by atoms with E-state index in [4.69, 9.17) is 4.52 Å². The Kier molecular flexibility index (Phi) is 6.05. The Morgan fingerprint density at radius 3 is 2.86 bits per heavy atom. The van der Waals surface area contributed by atoms with Crippen molar-refractivity contribution in [3.63, 3.8) is 0 Å². The summed E-state index contributed by atoms with van der Waals surface area (Å²) in [5.74, 6) is 0.945. The lowest BCUT2D eigenvalue weighted by atomic mass is 10.1. The number of thioether (sulfide) groups is 1. The van der Waals surface area contributed by atoms with Crippen LogP contribution in [0.2, 0.25) is 0 Å². The summed E-state index contributed by atoms with van der Waals surface area (Å²) in [5.41, 5.74) is 1.84. The summed E-state index contributed by atoms with van der Waals surface area (Å²) in [4.78, 5) is 27.5. The van der Waals surface area contributed by atoms with E-state index in [9.17, 15) is 14.9 Å². The van der Waals surface area contributed by atoms with Gasteiger partial charge in [-0.15, -0.1) is 0 Å². The number of carbonyl (C=O) groups is 1. The number of non-ortho nitro benzene ring substituents is 1. The second-order valence-electron chi connectivity index (χ2n) is 6.12. The number of amides is 1. The second kappa shape index (κ2) is 8.66. The fourth-order valence-corrected chi connectivity index (χ4v) is 3.44. The Morgan fingerprint density at radius 2 is 2.14 bits per heavy atom. The number of hydrogen-bond donors (Lipinski definition) is 1. The lowest BCUT2D eigenvalue weighted by Gasteiger charge is -2.15. The van der Waals surface area contributed by atoms with E-state index in [-0.39, 0.29) is 11.6 Å². The molecule has 0 saturated carbocycles. The number of nitrogens with one attached hydrogen (secondary N) is 1. The average molecular weight is 398 g/mol. The molecule has 28 heavy (non-hydrogen) atoms. The van der Waals surface area contributed by atoms with E-state index in [0.717, 1.165) is 11.5 Å². The van der Waals surface area contributed by atoms with Crippen molar-refractivity contribution >= 4 is 23.4 Å². The van der Waals surface area contributed by atoms with Gasteiger partial charge in [-0.3, -0.25) is 14.9 Å². The van der Waals surface area contributed by atoms with Gasteiger partial charge in [0, 0.05) is 30.1 Å². The fraction of sp³-hybridized carbons (Fsp3) is 0.211. The minimum Gasteiger partial charge on any atom is -0.361 e. The van der Waals surface area contributed by atoms with Crippen molar-refractivity contribution in [1.29, 1.82) is 0 Å². The van der Waals surface area contributed by atoms with Crippen LogP contribution in [0.4, 0.5) is 5.69 Å². The van der Waals surface area contributed by atoms with Crippen molar-refractivity contribution in [1.82, 2.24) is 15.5 Å². The molecular formula is C19H18N4O4S. The van der Waals surface area contributed by atoms with Crippen molar-refractivity contribution < 1.29 is 14.2 Å². The van der Waals surface area contributed by atoms with Crippen LogP contribution in [0.3, 0.4) is 0 Å². The third-order valence-electron chi connectivity index (χ3n) is 3.98. The van der Waals surface area contributed by atoms with E-state index in [1.807, 2.05) is 13.0 Å². The molecule has 2 heterocycles.